The average Bonchev–Trinajstić information content (AvgIpc) is 2.59. The van der Waals surface area contributed by atoms with Gasteiger partial charge in [-0.1, -0.05) is 24.3 Å². The summed E-state index contributed by atoms with van der Waals surface area (Å²) in [4.78, 5) is 11.2. The molecule has 2 N–H and O–H groups in total. The topological polar surface area (TPSA) is 84.5 Å². The van der Waals surface area contributed by atoms with Gasteiger partial charge in [0, 0.05) is 19.2 Å². The molecule has 0 saturated heterocycles. The molecular formula is C19H24N2O4S. The zero-order valence-corrected chi connectivity index (χ0v) is 16.0. The van der Waals surface area contributed by atoms with Gasteiger partial charge in [0.1, 0.15) is 0 Å². The van der Waals surface area contributed by atoms with E-state index in [0.717, 1.165) is 11.1 Å². The van der Waals surface area contributed by atoms with Crippen LogP contribution in [-0.4, -0.2) is 20.4 Å². The number of sulfonamides is 1. The molecule has 0 saturated carbocycles. The first-order chi connectivity index (χ1) is 12.3. The molecule has 1 amide bonds. The Hall–Kier alpha value is -2.22. The van der Waals surface area contributed by atoms with Crippen LogP contribution in [0.1, 0.15) is 31.9 Å². The van der Waals surface area contributed by atoms with Crippen LogP contribution in [0.25, 0.3) is 0 Å². The van der Waals surface area contributed by atoms with Crippen LogP contribution >= 0.6 is 0 Å². The first-order valence-electron chi connectivity index (χ1n) is 8.33. The molecule has 2 aromatic rings. The molecule has 0 radical (unpaired) electrons. The molecule has 2 aromatic carbocycles. The van der Waals surface area contributed by atoms with E-state index in [1.165, 1.54) is 19.1 Å². The van der Waals surface area contributed by atoms with Crippen LogP contribution in [-0.2, 0) is 32.7 Å². The maximum Gasteiger partial charge on any atom is 0.240 e. The van der Waals surface area contributed by atoms with Gasteiger partial charge in [-0.2, -0.15) is 0 Å². The third-order valence-electron chi connectivity index (χ3n) is 3.63. The molecule has 0 fully saturated rings. The molecule has 0 aliphatic rings. The standard InChI is InChI=1S/C19H24N2O4S/c1-14(2)25-13-17-7-5-4-6-16(17)12-20-26(23,24)19-10-8-18(9-11-19)21-15(3)22/h4-11,14,20H,12-13H2,1-3H3,(H,21,22). The second kappa shape index (κ2) is 8.93. The zero-order chi connectivity index (χ0) is 19.2. The Bertz CT molecular complexity index is 846. The number of hydrogen-bond donors (Lipinski definition) is 2. The molecular weight excluding hydrogens is 352 g/mol. The number of rotatable bonds is 8. The SMILES string of the molecule is CC(=O)Nc1ccc(S(=O)(=O)NCc2ccccc2COC(C)C)cc1. The van der Waals surface area contributed by atoms with Crippen molar-refractivity contribution < 1.29 is 17.9 Å². The van der Waals surface area contributed by atoms with Gasteiger partial charge in [-0.05, 0) is 49.2 Å². The summed E-state index contributed by atoms with van der Waals surface area (Å²) in [5.41, 5.74) is 2.36. The highest BCUT2D eigenvalue weighted by Gasteiger charge is 2.15. The Kier molecular flexibility index (Phi) is 6.90. The molecule has 6 nitrogen and oxygen atoms in total. The second-order valence-electron chi connectivity index (χ2n) is 6.16. The van der Waals surface area contributed by atoms with Crippen LogP contribution < -0.4 is 10.0 Å². The summed E-state index contributed by atoms with van der Waals surface area (Å²) in [6.45, 7) is 5.91. The summed E-state index contributed by atoms with van der Waals surface area (Å²) in [5, 5.41) is 2.60. The third-order valence-corrected chi connectivity index (χ3v) is 5.05. The molecule has 2 rings (SSSR count). The van der Waals surface area contributed by atoms with Gasteiger partial charge in [0.05, 0.1) is 17.6 Å². The molecule has 0 atom stereocenters. The zero-order valence-electron chi connectivity index (χ0n) is 15.2. The fourth-order valence-electron chi connectivity index (χ4n) is 2.30. The third kappa shape index (κ3) is 5.94. The van der Waals surface area contributed by atoms with Crippen molar-refractivity contribution in [3.63, 3.8) is 0 Å². The fourth-order valence-corrected chi connectivity index (χ4v) is 3.31. The van der Waals surface area contributed by atoms with Gasteiger partial charge in [-0.15, -0.1) is 0 Å². The number of carbonyl (C=O) groups excluding carboxylic acids is 1. The molecule has 7 heteroatoms. The Morgan fingerprint density at radius 3 is 2.23 bits per heavy atom. The van der Waals surface area contributed by atoms with E-state index < -0.39 is 10.0 Å². The van der Waals surface area contributed by atoms with Gasteiger partial charge in [0.25, 0.3) is 0 Å². The van der Waals surface area contributed by atoms with E-state index in [4.69, 9.17) is 4.74 Å². The number of anilines is 1. The Balaban J connectivity index is 2.07. The van der Waals surface area contributed by atoms with Crippen LogP contribution in [0.4, 0.5) is 5.69 Å². The summed E-state index contributed by atoms with van der Waals surface area (Å²) in [7, 11) is -3.66. The number of ether oxygens (including phenoxy) is 1. The number of benzene rings is 2. The summed E-state index contributed by atoms with van der Waals surface area (Å²) >= 11 is 0. The predicted octanol–water partition coefficient (Wildman–Crippen LogP) is 3.05. The average molecular weight is 376 g/mol. The van der Waals surface area contributed by atoms with Gasteiger partial charge in [-0.3, -0.25) is 4.79 Å². The lowest BCUT2D eigenvalue weighted by molar-refractivity contribution is -0.114. The Morgan fingerprint density at radius 1 is 1.04 bits per heavy atom. The largest absolute Gasteiger partial charge is 0.374 e. The molecule has 0 spiro atoms. The summed E-state index contributed by atoms with van der Waals surface area (Å²) < 4.78 is 33.2. The quantitative estimate of drug-likeness (QED) is 0.742. The van der Waals surface area contributed by atoms with Crippen LogP contribution in [0.15, 0.2) is 53.4 Å². The molecule has 0 aromatic heterocycles. The van der Waals surface area contributed by atoms with Crippen molar-refractivity contribution in [2.45, 2.75) is 44.9 Å². The first kappa shape index (κ1) is 20.1. The number of nitrogens with one attached hydrogen (secondary N) is 2. The second-order valence-corrected chi connectivity index (χ2v) is 7.93. The van der Waals surface area contributed by atoms with Gasteiger partial charge in [0.2, 0.25) is 15.9 Å². The van der Waals surface area contributed by atoms with Crippen molar-refractivity contribution in [3.8, 4) is 0 Å². The van der Waals surface area contributed by atoms with Crippen LogP contribution in [0.3, 0.4) is 0 Å². The Morgan fingerprint density at radius 2 is 1.65 bits per heavy atom. The number of hydrogen-bond acceptors (Lipinski definition) is 4. The lowest BCUT2D eigenvalue weighted by Crippen LogP contribution is -2.24. The van der Waals surface area contributed by atoms with Crippen molar-refractivity contribution in [1.29, 1.82) is 0 Å². The molecule has 0 bridgehead atoms. The molecule has 0 aliphatic heterocycles. The first-order valence-corrected chi connectivity index (χ1v) is 9.82. The normalized spacial score (nSPS) is 11.5. The molecule has 0 unspecified atom stereocenters. The summed E-state index contributed by atoms with van der Waals surface area (Å²) in [6, 6.07) is 13.6. The molecule has 0 aliphatic carbocycles. The minimum atomic E-state index is -3.66. The minimum absolute atomic E-state index is 0.0990. The van der Waals surface area contributed by atoms with Crippen LogP contribution in [0.5, 0.6) is 0 Å². The van der Waals surface area contributed by atoms with Crippen LogP contribution in [0.2, 0.25) is 0 Å². The van der Waals surface area contributed by atoms with E-state index in [0.29, 0.717) is 12.3 Å². The van der Waals surface area contributed by atoms with Crippen molar-refractivity contribution >= 4 is 21.6 Å². The fraction of sp³-hybridized carbons (Fsp3) is 0.316. The summed E-state index contributed by atoms with van der Waals surface area (Å²) in [5.74, 6) is -0.209. The van der Waals surface area contributed by atoms with Gasteiger partial charge < -0.3 is 10.1 Å². The Labute approximate surface area is 154 Å². The van der Waals surface area contributed by atoms with E-state index >= 15 is 0 Å². The van der Waals surface area contributed by atoms with E-state index in [9.17, 15) is 13.2 Å². The van der Waals surface area contributed by atoms with Gasteiger partial charge in [0.15, 0.2) is 0 Å². The predicted molar refractivity (Wildman–Crippen MR) is 101 cm³/mol. The highest BCUT2D eigenvalue weighted by Crippen LogP contribution is 2.16. The van der Waals surface area contributed by atoms with Crippen LogP contribution in [0, 0.1) is 0 Å². The highest BCUT2D eigenvalue weighted by molar-refractivity contribution is 7.89. The van der Waals surface area contributed by atoms with E-state index in [2.05, 4.69) is 10.0 Å². The maximum absolute atomic E-state index is 12.5. The highest BCUT2D eigenvalue weighted by atomic mass is 32.2. The number of amides is 1. The maximum atomic E-state index is 12.5. The molecule has 26 heavy (non-hydrogen) atoms. The van der Waals surface area contributed by atoms with Gasteiger partial charge >= 0.3 is 0 Å². The smallest absolute Gasteiger partial charge is 0.240 e. The van der Waals surface area contributed by atoms with Crippen molar-refractivity contribution in [1.82, 2.24) is 4.72 Å². The van der Waals surface area contributed by atoms with E-state index in [1.54, 1.807) is 12.1 Å². The molecule has 0 heterocycles. The van der Waals surface area contributed by atoms with E-state index in [1.807, 2.05) is 38.1 Å². The van der Waals surface area contributed by atoms with Gasteiger partial charge in [-0.25, -0.2) is 13.1 Å². The summed E-state index contributed by atoms with van der Waals surface area (Å²) in [6.07, 6.45) is 0.0990. The lowest BCUT2D eigenvalue weighted by atomic mass is 10.1. The van der Waals surface area contributed by atoms with Crippen molar-refractivity contribution in [2.75, 3.05) is 5.32 Å². The van der Waals surface area contributed by atoms with Crippen molar-refractivity contribution in [3.05, 3.63) is 59.7 Å². The lowest BCUT2D eigenvalue weighted by Gasteiger charge is -2.13. The van der Waals surface area contributed by atoms with E-state index in [-0.39, 0.29) is 23.5 Å². The minimum Gasteiger partial charge on any atom is -0.374 e. The monoisotopic (exact) mass is 376 g/mol. The number of carbonyl (C=O) groups is 1. The van der Waals surface area contributed by atoms with Crippen molar-refractivity contribution in [2.24, 2.45) is 0 Å². The molecule has 140 valence electrons.